The minimum absolute atomic E-state index is 0.0249. The Morgan fingerprint density at radius 1 is 1.36 bits per heavy atom. The van der Waals surface area contributed by atoms with Crippen molar-refractivity contribution in [3.05, 3.63) is 69.6 Å². The fourth-order valence-corrected chi connectivity index (χ4v) is 4.36. The van der Waals surface area contributed by atoms with Gasteiger partial charge in [0.25, 0.3) is 5.56 Å². The lowest BCUT2D eigenvalue weighted by molar-refractivity contribution is -0.111. The molecular formula is C25H23ClN6O4. The van der Waals surface area contributed by atoms with Crippen LogP contribution in [0.1, 0.15) is 5.69 Å². The number of fused-ring (bicyclic) bond motifs is 5. The van der Waals surface area contributed by atoms with Crippen molar-refractivity contribution in [3.8, 4) is 28.3 Å². The van der Waals surface area contributed by atoms with Gasteiger partial charge in [-0.05, 0) is 32.3 Å². The topological polar surface area (TPSA) is 138 Å². The smallest absolute Gasteiger partial charge is 0.261 e. The second-order valence-electron chi connectivity index (χ2n) is 8.59. The van der Waals surface area contributed by atoms with Gasteiger partial charge in [-0.25, -0.2) is 4.68 Å². The van der Waals surface area contributed by atoms with Gasteiger partial charge >= 0.3 is 0 Å². The number of ether oxygens (including phenoxy) is 1. The average molecular weight is 507 g/mol. The molecule has 0 radical (unpaired) electrons. The number of anilines is 2. The zero-order valence-electron chi connectivity index (χ0n) is 19.5. The SMILES string of the molecule is CN(C)C/C=C/C(=O)Nc1cccc2c1OCc1[nH]c(=O)c3c(N)n(-c4cc(O)ccc4Cl)nc3c1-2. The number of rotatable bonds is 5. The molecule has 1 aliphatic heterocycles. The van der Waals surface area contributed by atoms with Crippen LogP contribution in [0.15, 0.2) is 53.3 Å². The molecule has 1 aliphatic rings. The number of carbonyl (C=O) groups excluding carboxylic acids is 1. The van der Waals surface area contributed by atoms with Crippen LogP contribution in [0.4, 0.5) is 11.5 Å². The zero-order valence-corrected chi connectivity index (χ0v) is 20.3. The highest BCUT2D eigenvalue weighted by molar-refractivity contribution is 6.32. The maximum atomic E-state index is 12.9. The number of benzene rings is 2. The Labute approximate surface area is 210 Å². The highest BCUT2D eigenvalue weighted by Crippen LogP contribution is 2.44. The van der Waals surface area contributed by atoms with Crippen LogP contribution in [0, 0.1) is 0 Å². The van der Waals surface area contributed by atoms with Crippen molar-refractivity contribution < 1.29 is 14.6 Å². The van der Waals surface area contributed by atoms with Crippen LogP contribution in [0.5, 0.6) is 11.5 Å². The van der Waals surface area contributed by atoms with Crippen molar-refractivity contribution in [1.29, 1.82) is 0 Å². The Balaban J connectivity index is 1.64. The number of aromatic amines is 1. The van der Waals surface area contributed by atoms with Crippen LogP contribution in [0.25, 0.3) is 27.7 Å². The molecule has 2 aromatic heterocycles. The molecule has 10 nitrogen and oxygen atoms in total. The predicted octanol–water partition coefficient (Wildman–Crippen LogP) is 3.27. The maximum absolute atomic E-state index is 12.9. The summed E-state index contributed by atoms with van der Waals surface area (Å²) in [7, 11) is 3.82. The molecule has 184 valence electrons. The Morgan fingerprint density at radius 3 is 2.94 bits per heavy atom. The summed E-state index contributed by atoms with van der Waals surface area (Å²) in [6.45, 7) is 0.694. The Hall–Kier alpha value is -4.28. The van der Waals surface area contributed by atoms with Crippen LogP contribution in [0.3, 0.4) is 0 Å². The number of nitrogens with zero attached hydrogens (tertiary/aromatic N) is 3. The van der Waals surface area contributed by atoms with Gasteiger partial charge in [-0.1, -0.05) is 29.8 Å². The molecule has 1 amide bonds. The van der Waals surface area contributed by atoms with E-state index < -0.39 is 5.56 Å². The quantitative estimate of drug-likeness (QED) is 0.305. The number of amides is 1. The van der Waals surface area contributed by atoms with E-state index in [1.54, 1.807) is 18.2 Å². The number of likely N-dealkylation sites (N-methyl/N-ethyl adjacent to an activating group) is 1. The van der Waals surface area contributed by atoms with Crippen LogP contribution in [-0.4, -0.2) is 51.3 Å². The third-order valence-corrected chi connectivity index (χ3v) is 6.07. The summed E-state index contributed by atoms with van der Waals surface area (Å²) in [6.07, 6.45) is 3.23. The van der Waals surface area contributed by atoms with Crippen LogP contribution < -0.4 is 21.3 Å². The molecule has 0 bridgehead atoms. The number of phenolic OH excluding ortho intramolecular Hbond substituents is 1. The summed E-state index contributed by atoms with van der Waals surface area (Å²) in [5.74, 6) is 0.211. The molecule has 0 fully saturated rings. The van der Waals surface area contributed by atoms with Gasteiger partial charge in [0.05, 0.1) is 22.1 Å². The van der Waals surface area contributed by atoms with Crippen molar-refractivity contribution in [1.82, 2.24) is 19.7 Å². The number of para-hydroxylation sites is 1. The molecule has 5 rings (SSSR count). The molecule has 36 heavy (non-hydrogen) atoms. The van der Waals surface area contributed by atoms with E-state index in [1.165, 1.54) is 29.0 Å². The minimum atomic E-state index is -0.425. The van der Waals surface area contributed by atoms with Gasteiger partial charge in [-0.3, -0.25) is 9.59 Å². The summed E-state index contributed by atoms with van der Waals surface area (Å²) in [5, 5.41) is 17.9. The highest BCUT2D eigenvalue weighted by atomic mass is 35.5. The zero-order chi connectivity index (χ0) is 25.6. The molecular weight excluding hydrogens is 484 g/mol. The molecule has 0 saturated heterocycles. The number of hydrogen-bond donors (Lipinski definition) is 4. The molecule has 0 unspecified atom stereocenters. The molecule has 2 aromatic carbocycles. The fraction of sp³-hybridized carbons (Fsp3) is 0.160. The number of hydrogen-bond acceptors (Lipinski definition) is 7. The number of aromatic hydroxyl groups is 1. The number of pyridine rings is 1. The summed E-state index contributed by atoms with van der Waals surface area (Å²) in [4.78, 5) is 30.2. The number of aromatic nitrogens is 3. The molecule has 5 N–H and O–H groups in total. The van der Waals surface area contributed by atoms with Gasteiger partial charge in [0.1, 0.15) is 29.1 Å². The lowest BCUT2D eigenvalue weighted by atomic mass is 9.98. The standard InChI is InChI=1S/C25H23ClN6O4/c1-31(2)10-4-7-19(34)28-16-6-3-5-14-20-17(12-36-23(14)16)29-25(35)21-22(20)30-32(24(21)27)18-11-13(33)8-9-15(18)26/h3-9,11,33H,10,12,27H2,1-2H3,(H,28,34)(H,29,35)/b7-4+. The normalized spacial score (nSPS) is 12.6. The minimum Gasteiger partial charge on any atom is -0.508 e. The largest absolute Gasteiger partial charge is 0.508 e. The van der Waals surface area contributed by atoms with E-state index in [4.69, 9.17) is 22.1 Å². The van der Waals surface area contributed by atoms with Crippen molar-refractivity contribution >= 4 is 39.9 Å². The van der Waals surface area contributed by atoms with Crippen molar-refractivity contribution in [2.75, 3.05) is 31.7 Å². The van der Waals surface area contributed by atoms with E-state index >= 15 is 0 Å². The van der Waals surface area contributed by atoms with Gasteiger partial charge in [-0.2, -0.15) is 5.10 Å². The summed E-state index contributed by atoms with van der Waals surface area (Å²) in [5.41, 5.74) is 8.89. The number of nitrogen functional groups attached to an aromatic ring is 1. The van der Waals surface area contributed by atoms with Gasteiger partial charge in [0, 0.05) is 29.8 Å². The Morgan fingerprint density at radius 2 is 2.17 bits per heavy atom. The first kappa shape index (κ1) is 23.5. The van der Waals surface area contributed by atoms with E-state index in [-0.39, 0.29) is 29.5 Å². The number of nitrogens with two attached hydrogens (primary N) is 1. The molecule has 0 saturated carbocycles. The molecule has 0 spiro atoms. The lowest BCUT2D eigenvalue weighted by Gasteiger charge is -2.23. The van der Waals surface area contributed by atoms with E-state index in [0.717, 1.165) is 0 Å². The van der Waals surface area contributed by atoms with Crippen molar-refractivity contribution in [3.63, 3.8) is 0 Å². The summed E-state index contributed by atoms with van der Waals surface area (Å²) >= 11 is 6.34. The van der Waals surface area contributed by atoms with E-state index in [9.17, 15) is 14.7 Å². The first-order chi connectivity index (χ1) is 17.2. The average Bonchev–Trinajstić information content (AvgIpc) is 3.17. The van der Waals surface area contributed by atoms with E-state index in [1.807, 2.05) is 25.1 Å². The number of phenols is 1. The van der Waals surface area contributed by atoms with E-state index in [2.05, 4.69) is 15.4 Å². The number of H-pyrrole nitrogens is 1. The van der Waals surface area contributed by atoms with E-state index in [0.29, 0.717) is 51.0 Å². The maximum Gasteiger partial charge on any atom is 0.261 e. The summed E-state index contributed by atoms with van der Waals surface area (Å²) in [6, 6.07) is 9.71. The molecule has 3 heterocycles. The highest BCUT2D eigenvalue weighted by Gasteiger charge is 2.28. The molecule has 0 aliphatic carbocycles. The van der Waals surface area contributed by atoms with Gasteiger partial charge in [0.15, 0.2) is 5.75 Å². The van der Waals surface area contributed by atoms with Gasteiger partial charge < -0.3 is 30.8 Å². The third-order valence-electron chi connectivity index (χ3n) is 5.75. The molecule has 4 aromatic rings. The fourth-order valence-electron chi connectivity index (χ4n) is 4.16. The Bertz CT molecular complexity index is 1600. The second-order valence-corrected chi connectivity index (χ2v) is 9.00. The molecule has 0 atom stereocenters. The van der Waals surface area contributed by atoms with Crippen LogP contribution in [-0.2, 0) is 11.4 Å². The molecule has 11 heteroatoms. The van der Waals surface area contributed by atoms with Crippen molar-refractivity contribution in [2.24, 2.45) is 0 Å². The monoisotopic (exact) mass is 506 g/mol. The Kier molecular flexibility index (Phi) is 5.91. The second kappa shape index (κ2) is 9.06. The predicted molar refractivity (Wildman–Crippen MR) is 139 cm³/mol. The van der Waals surface area contributed by atoms with Crippen molar-refractivity contribution in [2.45, 2.75) is 6.61 Å². The first-order valence-corrected chi connectivity index (χ1v) is 11.4. The lowest BCUT2D eigenvalue weighted by Crippen LogP contribution is -2.18. The third kappa shape index (κ3) is 4.06. The first-order valence-electron chi connectivity index (χ1n) is 11.0. The summed E-state index contributed by atoms with van der Waals surface area (Å²) < 4.78 is 7.28. The van der Waals surface area contributed by atoms with Crippen LogP contribution in [0.2, 0.25) is 5.02 Å². The number of nitrogens with one attached hydrogen (secondary N) is 2. The van der Waals surface area contributed by atoms with Gasteiger partial charge in [0.2, 0.25) is 5.91 Å². The van der Waals surface area contributed by atoms with Gasteiger partial charge in [-0.15, -0.1) is 0 Å². The number of halogens is 1. The van der Waals surface area contributed by atoms with Crippen LogP contribution >= 0.6 is 11.6 Å². The number of carbonyl (C=O) groups is 1.